The van der Waals surface area contributed by atoms with Gasteiger partial charge in [0.1, 0.15) is 0 Å². The van der Waals surface area contributed by atoms with E-state index in [4.69, 9.17) is 83.6 Å². The van der Waals surface area contributed by atoms with Crippen LogP contribution < -0.4 is 22.5 Å². The Bertz CT molecular complexity index is 426. The van der Waals surface area contributed by atoms with Gasteiger partial charge in [-0.2, -0.15) is 0 Å². The topological polar surface area (TPSA) is 370 Å². The second-order valence-electron chi connectivity index (χ2n) is 8.01. The Morgan fingerprint density at radius 2 is 0.667 bits per heavy atom. The Labute approximate surface area is 208 Å². The molecule has 0 unspecified atom stereocenters. The van der Waals surface area contributed by atoms with Crippen LogP contribution in [0.4, 0.5) is 0 Å². The third kappa shape index (κ3) is 20.0. The van der Waals surface area contributed by atoms with Crippen molar-refractivity contribution in [2.24, 2.45) is 17.2 Å². The van der Waals surface area contributed by atoms with Crippen LogP contribution in [0.1, 0.15) is 0 Å². The lowest BCUT2D eigenvalue weighted by Gasteiger charge is -2.27. The van der Waals surface area contributed by atoms with E-state index in [1.807, 2.05) is 0 Å². The second kappa shape index (κ2) is 23.0. The highest BCUT2D eigenvalue weighted by molar-refractivity contribution is 5.69. The molecule has 0 aromatic heterocycles. The average Bonchev–Trinajstić information content (AvgIpc) is 2.93. The van der Waals surface area contributed by atoms with Crippen molar-refractivity contribution in [3.05, 3.63) is 0 Å². The minimum Gasteiger partial charge on any atom is -0.480 e. The first-order valence-corrected chi connectivity index (χ1v) is 10.3. The van der Waals surface area contributed by atoms with E-state index in [1.165, 1.54) is 0 Å². The summed E-state index contributed by atoms with van der Waals surface area (Å²) in [7, 11) is 0. The first-order chi connectivity index (χ1) is 16.6. The van der Waals surface area contributed by atoms with Crippen molar-refractivity contribution in [2.45, 2.75) is 22.2 Å². The molecule has 0 aromatic rings. The molecule has 0 saturated heterocycles. The fraction of sp³-hybridized carbons (Fsp3) is 0.944. The van der Waals surface area contributed by atoms with Gasteiger partial charge >= 0.3 is 5.97 Å². The van der Waals surface area contributed by atoms with Crippen LogP contribution in [0, 0.1) is 0 Å². The fourth-order valence-corrected chi connectivity index (χ4v) is 1.03. The largest absolute Gasteiger partial charge is 0.480 e. The molecule has 0 amide bonds. The molecule has 0 bridgehead atoms. The minimum absolute atomic E-state index is 0.403. The zero-order valence-electron chi connectivity index (χ0n) is 20.1. The van der Waals surface area contributed by atoms with Crippen molar-refractivity contribution >= 4 is 5.97 Å². The Hall–Kier alpha value is -1.17. The van der Waals surface area contributed by atoms with Crippen molar-refractivity contribution < 1.29 is 71.2 Å². The maximum absolute atomic E-state index is 10.1. The molecular formula is C18H46N4O14. The van der Waals surface area contributed by atoms with Gasteiger partial charge in [0, 0.05) is 0 Å². The number of aliphatic carboxylic acids is 1. The van der Waals surface area contributed by atoms with Gasteiger partial charge < -0.3 is 83.6 Å². The van der Waals surface area contributed by atoms with E-state index >= 15 is 0 Å². The lowest BCUT2D eigenvalue weighted by molar-refractivity contribution is -0.136. The molecule has 20 N–H and O–H groups in total. The summed E-state index contributed by atoms with van der Waals surface area (Å²) >= 11 is 0. The van der Waals surface area contributed by atoms with Crippen LogP contribution in [0.15, 0.2) is 0 Å². The number of hydrogen-bond acceptors (Lipinski definition) is 17. The van der Waals surface area contributed by atoms with E-state index in [9.17, 15) is 4.79 Å². The van der Waals surface area contributed by atoms with Gasteiger partial charge in [-0.05, 0) is 0 Å². The van der Waals surface area contributed by atoms with Crippen molar-refractivity contribution in [2.75, 3.05) is 85.8 Å². The lowest BCUT2D eigenvalue weighted by Crippen LogP contribution is -2.56. The number of carboxylic acids is 1. The predicted molar refractivity (Wildman–Crippen MR) is 124 cm³/mol. The molecule has 222 valence electrons. The van der Waals surface area contributed by atoms with Crippen LogP contribution in [0.25, 0.3) is 0 Å². The summed E-state index contributed by atoms with van der Waals surface area (Å²) < 4.78 is 0. The zero-order valence-corrected chi connectivity index (χ0v) is 20.1. The first-order valence-electron chi connectivity index (χ1n) is 10.3. The summed E-state index contributed by atoms with van der Waals surface area (Å²) in [4.78, 5) is 10.1. The maximum Gasteiger partial charge on any atom is 0.317 e. The van der Waals surface area contributed by atoms with Gasteiger partial charge in [0.2, 0.25) is 0 Å². The lowest BCUT2D eigenvalue weighted by atomic mass is 10.0. The summed E-state index contributed by atoms with van der Waals surface area (Å²) in [6, 6.07) is 0. The van der Waals surface area contributed by atoms with E-state index in [-0.39, 0.29) is 0 Å². The van der Waals surface area contributed by atoms with Crippen molar-refractivity contribution in [1.29, 1.82) is 0 Å². The highest BCUT2D eigenvalue weighted by atomic mass is 16.4. The van der Waals surface area contributed by atoms with Crippen molar-refractivity contribution in [3.8, 4) is 0 Å². The first kappa shape index (κ1) is 41.9. The molecule has 0 atom stereocenters. The number of nitrogens with one attached hydrogen (secondary N) is 1. The van der Waals surface area contributed by atoms with E-state index in [2.05, 4.69) is 5.32 Å². The van der Waals surface area contributed by atoms with Crippen LogP contribution in [-0.4, -0.2) is 180 Å². The van der Waals surface area contributed by atoms with Crippen LogP contribution in [0.2, 0.25) is 0 Å². The molecule has 0 aliphatic carbocycles. The van der Waals surface area contributed by atoms with Crippen molar-refractivity contribution in [3.63, 3.8) is 0 Å². The van der Waals surface area contributed by atoms with Crippen LogP contribution in [0.5, 0.6) is 0 Å². The number of carbonyl (C=O) groups is 1. The average molecular weight is 543 g/mol. The number of rotatable bonds is 15. The Kier molecular flexibility index (Phi) is 26.8. The molecule has 0 radical (unpaired) electrons. The maximum atomic E-state index is 10.1. The Morgan fingerprint density at radius 3 is 0.750 bits per heavy atom. The van der Waals surface area contributed by atoms with Gasteiger partial charge in [-0.25, -0.2) is 0 Å². The summed E-state index contributed by atoms with van der Waals surface area (Å²) in [6.45, 7) is -5.60. The smallest absolute Gasteiger partial charge is 0.317 e. The predicted octanol–water partition coefficient (Wildman–Crippen LogP) is -9.64. The monoisotopic (exact) mass is 542 g/mol. The Balaban J connectivity index is -0.000000193. The molecule has 36 heavy (non-hydrogen) atoms. The molecular weight excluding hydrogens is 496 g/mol. The normalized spacial score (nSPS) is 11.9. The molecule has 0 heterocycles. The summed E-state index contributed by atoms with van der Waals surface area (Å²) in [5, 5.41) is 112. The minimum atomic E-state index is -1.31. The molecule has 18 heteroatoms. The fourth-order valence-electron chi connectivity index (χ4n) is 1.03. The molecule has 0 spiro atoms. The third-order valence-electron chi connectivity index (χ3n) is 4.36. The van der Waals surface area contributed by atoms with E-state index in [0.29, 0.717) is 0 Å². The summed E-state index contributed by atoms with van der Waals surface area (Å²) in [6.07, 6.45) is 0. The number of nitrogens with two attached hydrogens (primary N) is 3. The van der Waals surface area contributed by atoms with Gasteiger partial charge in [-0.15, -0.1) is 0 Å². The molecule has 0 fully saturated rings. The van der Waals surface area contributed by atoms with Gasteiger partial charge in [0.05, 0.1) is 108 Å². The van der Waals surface area contributed by atoms with Gasteiger partial charge in [0.15, 0.2) is 0 Å². The summed E-state index contributed by atoms with van der Waals surface area (Å²) in [5.41, 5.74) is 10.5. The second-order valence-corrected chi connectivity index (χ2v) is 8.01. The number of aliphatic hydroxyl groups excluding tert-OH is 12. The van der Waals surface area contributed by atoms with Gasteiger partial charge in [-0.1, -0.05) is 0 Å². The van der Waals surface area contributed by atoms with E-state index in [0.717, 1.165) is 0 Å². The highest BCUT2D eigenvalue weighted by Gasteiger charge is 2.27. The van der Waals surface area contributed by atoms with Gasteiger partial charge in [-0.3, -0.25) is 10.1 Å². The molecule has 0 aromatic carbocycles. The van der Waals surface area contributed by atoms with Crippen molar-refractivity contribution in [1.82, 2.24) is 5.32 Å². The highest BCUT2D eigenvalue weighted by Crippen LogP contribution is 2.00. The van der Waals surface area contributed by atoms with Crippen LogP contribution in [-0.2, 0) is 4.79 Å². The van der Waals surface area contributed by atoms with E-state index in [1.54, 1.807) is 0 Å². The number of aliphatic hydroxyl groups is 12. The summed E-state index contributed by atoms with van der Waals surface area (Å²) in [5.74, 6) is -1.12. The standard InChI is InChI=1S/C6H13NO5.3C4H11NO3/c8-2-6(3-9,4-10)7-1-5(11)12;3*5-4(1-6,2-7)3-8/h7-10H,1-4H2,(H,11,12);3*6-8H,1-3,5H2. The molecule has 0 aliphatic rings. The SMILES string of the molecule is NC(CO)(CO)CO.NC(CO)(CO)CO.NC(CO)(CO)CO.O=C(O)CNC(CO)(CO)CO. The van der Waals surface area contributed by atoms with Gasteiger partial charge in [0.25, 0.3) is 0 Å². The molecule has 18 nitrogen and oxygen atoms in total. The molecule has 0 aliphatic heterocycles. The Morgan fingerprint density at radius 1 is 0.472 bits per heavy atom. The molecule has 0 rings (SSSR count). The number of hydrogen-bond donors (Lipinski definition) is 17. The van der Waals surface area contributed by atoms with E-state index < -0.39 is 114 Å². The van der Waals surface area contributed by atoms with Crippen LogP contribution >= 0.6 is 0 Å². The quantitative estimate of drug-likeness (QED) is 0.0912. The number of carboxylic acid groups (broad SMARTS) is 1. The zero-order chi connectivity index (χ0) is 29.5. The third-order valence-corrected chi connectivity index (χ3v) is 4.36. The van der Waals surface area contributed by atoms with Crippen LogP contribution in [0.3, 0.4) is 0 Å². The molecule has 0 saturated carbocycles.